The summed E-state index contributed by atoms with van der Waals surface area (Å²) < 4.78 is 1.64. The molecule has 22 heavy (non-hydrogen) atoms. The number of nitrogens with zero attached hydrogens (tertiary/aromatic N) is 4. The Balaban J connectivity index is 2.29. The van der Waals surface area contributed by atoms with Gasteiger partial charge in [-0.2, -0.15) is 15.0 Å². The van der Waals surface area contributed by atoms with E-state index in [0.717, 1.165) is 16.5 Å². The van der Waals surface area contributed by atoms with Crippen molar-refractivity contribution in [3.63, 3.8) is 0 Å². The highest BCUT2D eigenvalue weighted by Crippen LogP contribution is 2.28. The van der Waals surface area contributed by atoms with E-state index in [2.05, 4.69) is 36.9 Å². The van der Waals surface area contributed by atoms with E-state index in [0.29, 0.717) is 17.2 Å². The van der Waals surface area contributed by atoms with Gasteiger partial charge in [0, 0.05) is 28.5 Å². The molecule has 5 nitrogen and oxygen atoms in total. The molecule has 1 aromatic carbocycles. The number of benzene rings is 1. The highest BCUT2D eigenvalue weighted by atomic mass is 15.3. The van der Waals surface area contributed by atoms with E-state index in [1.54, 1.807) is 10.9 Å². The third-order valence-electron chi connectivity index (χ3n) is 3.60. The van der Waals surface area contributed by atoms with Crippen LogP contribution in [0.5, 0.6) is 0 Å². The summed E-state index contributed by atoms with van der Waals surface area (Å²) >= 11 is 0. The van der Waals surface area contributed by atoms with Gasteiger partial charge in [0.2, 0.25) is 0 Å². The van der Waals surface area contributed by atoms with E-state index in [4.69, 9.17) is 5.73 Å². The van der Waals surface area contributed by atoms with Gasteiger partial charge in [-0.25, -0.2) is 4.98 Å². The summed E-state index contributed by atoms with van der Waals surface area (Å²) in [6, 6.07) is 11.7. The van der Waals surface area contributed by atoms with E-state index < -0.39 is 0 Å². The number of nitrogen functional groups attached to an aromatic ring is 1. The maximum Gasteiger partial charge on any atom is 0.163 e. The molecule has 0 bridgehead atoms. The van der Waals surface area contributed by atoms with Crippen LogP contribution >= 0.6 is 0 Å². The Labute approximate surface area is 129 Å². The number of hydrogen-bond donors (Lipinski definition) is 1. The van der Waals surface area contributed by atoms with Crippen molar-refractivity contribution in [2.45, 2.75) is 26.2 Å². The van der Waals surface area contributed by atoms with Gasteiger partial charge < -0.3 is 5.73 Å². The molecule has 5 heteroatoms. The molecular weight excluding hydrogens is 274 g/mol. The van der Waals surface area contributed by atoms with Crippen molar-refractivity contribution in [2.75, 3.05) is 5.73 Å². The summed E-state index contributed by atoms with van der Waals surface area (Å²) in [7, 11) is 0. The van der Waals surface area contributed by atoms with E-state index >= 15 is 0 Å². The lowest BCUT2D eigenvalue weighted by Gasteiger charge is -2.14. The Morgan fingerprint density at radius 1 is 1.18 bits per heavy atom. The molecule has 3 rings (SSSR count). The highest BCUT2D eigenvalue weighted by Gasteiger charge is 2.21. The maximum absolute atomic E-state index is 9.23. The Morgan fingerprint density at radius 3 is 2.45 bits per heavy atom. The number of hydrogen-bond acceptors (Lipinski definition) is 4. The van der Waals surface area contributed by atoms with Gasteiger partial charge >= 0.3 is 0 Å². The van der Waals surface area contributed by atoms with Gasteiger partial charge in [0.1, 0.15) is 11.9 Å². The monoisotopic (exact) mass is 291 g/mol. The number of anilines is 1. The van der Waals surface area contributed by atoms with Crippen molar-refractivity contribution in [3.05, 3.63) is 47.8 Å². The Kier molecular flexibility index (Phi) is 3.10. The van der Waals surface area contributed by atoms with Crippen LogP contribution in [0.25, 0.3) is 16.6 Å². The van der Waals surface area contributed by atoms with E-state index in [1.807, 2.05) is 30.3 Å². The smallest absolute Gasteiger partial charge is 0.163 e. The zero-order valence-corrected chi connectivity index (χ0v) is 12.8. The maximum atomic E-state index is 9.23. The fraction of sp³-hybridized carbons (Fsp3) is 0.235. The molecule has 0 unspecified atom stereocenters. The standard InChI is InChI=1S/C17H17N5/c1-17(2,3)14-8-15(19)22(21-14)16-13-7-5-4-6-12(13)11(9-18)10-20-16/h4-8,10H,19H2,1-3H3. The molecule has 0 aliphatic heterocycles. The number of nitrogens with two attached hydrogens (primary N) is 1. The number of nitriles is 1. The van der Waals surface area contributed by atoms with Crippen molar-refractivity contribution >= 4 is 16.6 Å². The minimum absolute atomic E-state index is 0.0955. The Morgan fingerprint density at radius 2 is 1.86 bits per heavy atom. The molecule has 2 heterocycles. The van der Waals surface area contributed by atoms with Crippen LogP contribution in [0.15, 0.2) is 36.5 Å². The predicted octanol–water partition coefficient (Wildman–Crippen LogP) is 3.17. The van der Waals surface area contributed by atoms with E-state index in [1.165, 1.54) is 0 Å². The van der Waals surface area contributed by atoms with Crippen LogP contribution in [-0.4, -0.2) is 14.8 Å². The first-order chi connectivity index (χ1) is 10.4. The number of pyridine rings is 1. The predicted molar refractivity (Wildman–Crippen MR) is 86.7 cm³/mol. The molecule has 110 valence electrons. The lowest BCUT2D eigenvalue weighted by atomic mass is 9.92. The van der Waals surface area contributed by atoms with Gasteiger partial charge in [-0.15, -0.1) is 0 Å². The Hall–Kier alpha value is -2.87. The van der Waals surface area contributed by atoms with Crippen LogP contribution in [0.1, 0.15) is 32.0 Å². The van der Waals surface area contributed by atoms with Crippen molar-refractivity contribution < 1.29 is 0 Å². The number of rotatable bonds is 1. The van der Waals surface area contributed by atoms with Crippen molar-refractivity contribution in [1.29, 1.82) is 5.26 Å². The summed E-state index contributed by atoms with van der Waals surface area (Å²) in [6.45, 7) is 6.26. The molecule has 0 spiro atoms. The molecule has 3 aromatic rings. The summed E-state index contributed by atoms with van der Waals surface area (Å²) in [5, 5.41) is 15.5. The van der Waals surface area contributed by atoms with E-state index in [-0.39, 0.29) is 5.41 Å². The fourth-order valence-corrected chi connectivity index (χ4v) is 2.37. The van der Waals surface area contributed by atoms with Crippen LogP contribution in [0.4, 0.5) is 5.82 Å². The molecule has 2 aromatic heterocycles. The number of aromatic nitrogens is 3. The minimum Gasteiger partial charge on any atom is -0.384 e. The molecule has 0 atom stereocenters. The van der Waals surface area contributed by atoms with Crippen molar-refractivity contribution in [1.82, 2.24) is 14.8 Å². The van der Waals surface area contributed by atoms with Crippen LogP contribution < -0.4 is 5.73 Å². The minimum atomic E-state index is -0.0955. The molecule has 2 N–H and O–H groups in total. The van der Waals surface area contributed by atoms with Crippen molar-refractivity contribution in [2.24, 2.45) is 0 Å². The fourth-order valence-electron chi connectivity index (χ4n) is 2.37. The van der Waals surface area contributed by atoms with Gasteiger partial charge in [0.25, 0.3) is 0 Å². The van der Waals surface area contributed by atoms with E-state index in [9.17, 15) is 5.26 Å². The van der Waals surface area contributed by atoms with Crippen LogP contribution in [0.3, 0.4) is 0 Å². The van der Waals surface area contributed by atoms with Gasteiger partial charge in [0.15, 0.2) is 5.82 Å². The SMILES string of the molecule is CC(C)(C)c1cc(N)n(-c2ncc(C#N)c3ccccc23)n1. The quantitative estimate of drug-likeness (QED) is 0.746. The molecule has 0 saturated heterocycles. The first kappa shape index (κ1) is 14.1. The highest BCUT2D eigenvalue weighted by molar-refractivity contribution is 5.92. The molecule has 0 fully saturated rings. The second-order valence-corrected chi connectivity index (χ2v) is 6.27. The molecule has 0 radical (unpaired) electrons. The first-order valence-corrected chi connectivity index (χ1v) is 7.06. The third-order valence-corrected chi connectivity index (χ3v) is 3.60. The summed E-state index contributed by atoms with van der Waals surface area (Å²) in [4.78, 5) is 4.40. The zero-order valence-electron chi connectivity index (χ0n) is 12.8. The molecule has 0 amide bonds. The van der Waals surface area contributed by atoms with Gasteiger partial charge in [-0.3, -0.25) is 0 Å². The average molecular weight is 291 g/mol. The topological polar surface area (TPSA) is 80.5 Å². The lowest BCUT2D eigenvalue weighted by Crippen LogP contribution is -2.13. The Bertz CT molecular complexity index is 894. The molecule has 0 saturated carbocycles. The average Bonchev–Trinajstić information content (AvgIpc) is 2.88. The summed E-state index contributed by atoms with van der Waals surface area (Å²) in [5.41, 5.74) is 7.48. The summed E-state index contributed by atoms with van der Waals surface area (Å²) in [5.74, 6) is 1.18. The molecule has 0 aliphatic rings. The molecule has 0 aliphatic carbocycles. The van der Waals surface area contributed by atoms with Gasteiger partial charge in [0.05, 0.1) is 11.3 Å². The van der Waals surface area contributed by atoms with Crippen molar-refractivity contribution in [3.8, 4) is 11.9 Å². The van der Waals surface area contributed by atoms with Crippen LogP contribution in [-0.2, 0) is 5.41 Å². The van der Waals surface area contributed by atoms with Crippen LogP contribution in [0.2, 0.25) is 0 Å². The zero-order chi connectivity index (χ0) is 15.9. The second kappa shape index (κ2) is 4.85. The van der Waals surface area contributed by atoms with Gasteiger partial charge in [-0.1, -0.05) is 45.0 Å². The normalized spacial score (nSPS) is 11.5. The molecular formula is C17H17N5. The van der Waals surface area contributed by atoms with Gasteiger partial charge in [-0.05, 0) is 0 Å². The number of fused-ring (bicyclic) bond motifs is 1. The largest absolute Gasteiger partial charge is 0.384 e. The first-order valence-electron chi connectivity index (χ1n) is 7.06. The third kappa shape index (κ3) is 2.19. The summed E-state index contributed by atoms with van der Waals surface area (Å²) in [6.07, 6.45) is 1.57. The second-order valence-electron chi connectivity index (χ2n) is 6.27. The lowest BCUT2D eigenvalue weighted by molar-refractivity contribution is 0.560. The van der Waals surface area contributed by atoms with Crippen LogP contribution in [0, 0.1) is 11.3 Å².